The zero-order valence-electron chi connectivity index (χ0n) is 17.2. The van der Waals surface area contributed by atoms with Crippen LogP contribution in [0.4, 0.5) is 9.52 Å². The van der Waals surface area contributed by atoms with Crippen molar-refractivity contribution in [3.8, 4) is 5.75 Å². The highest BCUT2D eigenvalue weighted by Crippen LogP contribution is 2.32. The zero-order valence-corrected chi connectivity index (χ0v) is 18.1. The Morgan fingerprint density at radius 1 is 1.10 bits per heavy atom. The van der Waals surface area contributed by atoms with Crippen molar-refractivity contribution < 1.29 is 13.9 Å². The third-order valence-electron chi connectivity index (χ3n) is 4.77. The van der Waals surface area contributed by atoms with E-state index in [1.807, 2.05) is 14.1 Å². The largest absolute Gasteiger partial charge is 0.484 e. The summed E-state index contributed by atoms with van der Waals surface area (Å²) in [4.78, 5) is 21.5. The topological polar surface area (TPSA) is 45.7 Å². The van der Waals surface area contributed by atoms with E-state index in [4.69, 9.17) is 9.72 Å². The van der Waals surface area contributed by atoms with E-state index in [-0.39, 0.29) is 18.3 Å². The SMILES string of the molecule is Cc1ccc2sc(N(CCCN(C)C)C(=O)COc3ccc(F)cc3)nc2c1C. The molecule has 3 aromatic rings. The molecule has 0 fully saturated rings. The minimum atomic E-state index is -0.339. The van der Waals surface area contributed by atoms with Gasteiger partial charge in [0.1, 0.15) is 11.6 Å². The Hall–Kier alpha value is -2.51. The molecule has 0 bridgehead atoms. The molecule has 0 saturated carbocycles. The van der Waals surface area contributed by atoms with E-state index in [0.29, 0.717) is 17.4 Å². The van der Waals surface area contributed by atoms with Crippen LogP contribution in [-0.2, 0) is 4.79 Å². The van der Waals surface area contributed by atoms with Crippen molar-refractivity contribution in [3.05, 3.63) is 53.3 Å². The summed E-state index contributed by atoms with van der Waals surface area (Å²) in [6, 6.07) is 9.79. The van der Waals surface area contributed by atoms with E-state index in [1.165, 1.54) is 41.2 Å². The summed E-state index contributed by atoms with van der Waals surface area (Å²) >= 11 is 1.51. The molecule has 2 aromatic carbocycles. The Balaban J connectivity index is 1.80. The van der Waals surface area contributed by atoms with Gasteiger partial charge in [-0.2, -0.15) is 0 Å². The molecule has 0 aliphatic carbocycles. The van der Waals surface area contributed by atoms with Gasteiger partial charge >= 0.3 is 0 Å². The molecule has 0 unspecified atom stereocenters. The predicted molar refractivity (Wildman–Crippen MR) is 117 cm³/mol. The van der Waals surface area contributed by atoms with Crippen LogP contribution in [0.25, 0.3) is 10.2 Å². The normalized spacial score (nSPS) is 11.2. The number of carbonyl (C=O) groups excluding carboxylic acids is 1. The number of fused-ring (bicyclic) bond motifs is 1. The molecule has 0 atom stereocenters. The highest BCUT2D eigenvalue weighted by molar-refractivity contribution is 7.22. The quantitative estimate of drug-likeness (QED) is 0.547. The second-order valence-electron chi connectivity index (χ2n) is 7.30. The van der Waals surface area contributed by atoms with Gasteiger partial charge in [-0.05, 0) is 82.4 Å². The second-order valence-corrected chi connectivity index (χ2v) is 8.30. The van der Waals surface area contributed by atoms with Crippen LogP contribution in [0.1, 0.15) is 17.5 Å². The molecule has 0 aliphatic rings. The summed E-state index contributed by atoms with van der Waals surface area (Å²) in [5.74, 6) is -0.0422. The first kappa shape index (κ1) is 21.2. The number of thiazole rings is 1. The first-order valence-corrected chi connectivity index (χ1v) is 10.4. The first-order chi connectivity index (χ1) is 13.8. The molecule has 0 radical (unpaired) electrons. The van der Waals surface area contributed by atoms with Crippen LogP contribution in [0.5, 0.6) is 5.75 Å². The maximum absolute atomic E-state index is 13.1. The number of ether oxygens (including phenoxy) is 1. The molecule has 3 rings (SSSR count). The summed E-state index contributed by atoms with van der Waals surface area (Å²) in [5.41, 5.74) is 3.25. The van der Waals surface area contributed by atoms with Gasteiger partial charge < -0.3 is 9.64 Å². The van der Waals surface area contributed by atoms with E-state index in [0.717, 1.165) is 28.7 Å². The molecule has 0 saturated heterocycles. The Bertz CT molecular complexity index is 986. The third kappa shape index (κ3) is 5.31. The zero-order chi connectivity index (χ0) is 21.0. The average Bonchev–Trinajstić information content (AvgIpc) is 3.12. The van der Waals surface area contributed by atoms with E-state index in [1.54, 1.807) is 4.90 Å². The Morgan fingerprint density at radius 2 is 1.83 bits per heavy atom. The van der Waals surface area contributed by atoms with Crippen LogP contribution < -0.4 is 9.64 Å². The molecule has 5 nitrogen and oxygen atoms in total. The van der Waals surface area contributed by atoms with Crippen LogP contribution in [-0.4, -0.2) is 49.6 Å². The molecule has 1 amide bonds. The van der Waals surface area contributed by atoms with Crippen molar-refractivity contribution in [1.82, 2.24) is 9.88 Å². The van der Waals surface area contributed by atoms with E-state index >= 15 is 0 Å². The first-order valence-electron chi connectivity index (χ1n) is 9.55. The van der Waals surface area contributed by atoms with Crippen molar-refractivity contribution in [2.45, 2.75) is 20.3 Å². The Labute approximate surface area is 174 Å². The number of hydrogen-bond acceptors (Lipinski definition) is 5. The van der Waals surface area contributed by atoms with Gasteiger partial charge in [0.05, 0.1) is 10.2 Å². The molecule has 0 aliphatic heterocycles. The van der Waals surface area contributed by atoms with Gasteiger partial charge in [-0.25, -0.2) is 9.37 Å². The average molecular weight is 416 g/mol. The highest BCUT2D eigenvalue weighted by Gasteiger charge is 2.21. The second kappa shape index (κ2) is 9.33. The monoisotopic (exact) mass is 415 g/mol. The molecule has 1 aromatic heterocycles. The summed E-state index contributed by atoms with van der Waals surface area (Å²) in [7, 11) is 4.02. The van der Waals surface area contributed by atoms with E-state index in [2.05, 4.69) is 30.9 Å². The van der Waals surface area contributed by atoms with Gasteiger partial charge in [-0.1, -0.05) is 17.4 Å². The number of amides is 1. The van der Waals surface area contributed by atoms with Crippen LogP contribution >= 0.6 is 11.3 Å². The molecule has 0 spiro atoms. The van der Waals surface area contributed by atoms with Crippen LogP contribution in [0, 0.1) is 19.7 Å². The van der Waals surface area contributed by atoms with Gasteiger partial charge in [0.25, 0.3) is 5.91 Å². The number of anilines is 1. The van der Waals surface area contributed by atoms with Gasteiger partial charge in [0.15, 0.2) is 11.7 Å². The van der Waals surface area contributed by atoms with Crippen LogP contribution in [0.15, 0.2) is 36.4 Å². The molecule has 29 heavy (non-hydrogen) atoms. The molecular weight excluding hydrogens is 389 g/mol. The van der Waals surface area contributed by atoms with E-state index < -0.39 is 0 Å². The van der Waals surface area contributed by atoms with Gasteiger partial charge in [0.2, 0.25) is 0 Å². The lowest BCUT2D eigenvalue weighted by Gasteiger charge is -2.21. The van der Waals surface area contributed by atoms with Gasteiger partial charge in [0, 0.05) is 6.54 Å². The number of rotatable bonds is 8. The number of carbonyl (C=O) groups is 1. The predicted octanol–water partition coefficient (Wildman–Crippen LogP) is 4.42. The number of benzene rings is 2. The van der Waals surface area contributed by atoms with Crippen molar-refractivity contribution in [2.24, 2.45) is 0 Å². The van der Waals surface area contributed by atoms with Gasteiger partial charge in [-0.3, -0.25) is 9.69 Å². The summed E-state index contributed by atoms with van der Waals surface area (Å²) in [6.45, 7) is 5.41. The number of halogens is 1. The lowest BCUT2D eigenvalue weighted by molar-refractivity contribution is -0.120. The minimum Gasteiger partial charge on any atom is -0.484 e. The maximum Gasteiger partial charge on any atom is 0.266 e. The van der Waals surface area contributed by atoms with Gasteiger partial charge in [-0.15, -0.1) is 0 Å². The van der Waals surface area contributed by atoms with Crippen molar-refractivity contribution in [1.29, 1.82) is 0 Å². The molecule has 1 heterocycles. The lowest BCUT2D eigenvalue weighted by Crippen LogP contribution is -2.36. The van der Waals surface area contributed by atoms with E-state index in [9.17, 15) is 9.18 Å². The Morgan fingerprint density at radius 3 is 2.52 bits per heavy atom. The standard InChI is InChI=1S/C22H26FN3O2S/c1-15-6-11-19-21(16(15)2)24-22(29-19)26(13-5-12-25(3)4)20(27)14-28-18-9-7-17(23)8-10-18/h6-11H,5,12-14H2,1-4H3. The number of aromatic nitrogens is 1. The summed E-state index contributed by atoms with van der Waals surface area (Å²) < 4.78 is 19.7. The smallest absolute Gasteiger partial charge is 0.266 e. The maximum atomic E-state index is 13.1. The highest BCUT2D eigenvalue weighted by atomic mass is 32.1. The number of aryl methyl sites for hydroxylation is 2. The summed E-state index contributed by atoms with van der Waals surface area (Å²) in [6.07, 6.45) is 0.823. The van der Waals surface area contributed by atoms with Crippen molar-refractivity contribution in [3.63, 3.8) is 0 Å². The van der Waals surface area contributed by atoms with Crippen molar-refractivity contribution >= 4 is 32.6 Å². The summed E-state index contributed by atoms with van der Waals surface area (Å²) in [5, 5.41) is 0.681. The minimum absolute atomic E-state index is 0.123. The fourth-order valence-electron chi connectivity index (χ4n) is 2.96. The molecular formula is C22H26FN3O2S. The number of nitrogens with zero attached hydrogens (tertiary/aromatic N) is 3. The molecule has 0 N–H and O–H groups in total. The molecule has 7 heteroatoms. The Kier molecular flexibility index (Phi) is 6.82. The fraction of sp³-hybridized carbons (Fsp3) is 0.364. The fourth-order valence-corrected chi connectivity index (χ4v) is 4.02. The van der Waals surface area contributed by atoms with Crippen LogP contribution in [0.3, 0.4) is 0 Å². The van der Waals surface area contributed by atoms with Crippen LogP contribution in [0.2, 0.25) is 0 Å². The lowest BCUT2D eigenvalue weighted by atomic mass is 10.1. The molecule has 154 valence electrons. The van der Waals surface area contributed by atoms with Crippen molar-refractivity contribution in [2.75, 3.05) is 38.7 Å². The number of hydrogen-bond donors (Lipinski definition) is 0. The third-order valence-corrected chi connectivity index (χ3v) is 5.81.